The van der Waals surface area contributed by atoms with Gasteiger partial charge in [0.25, 0.3) is 0 Å². The molecule has 256 valence electrons. The highest BCUT2D eigenvalue weighted by Crippen LogP contribution is 2.68. The van der Waals surface area contributed by atoms with Gasteiger partial charge in [0.15, 0.2) is 6.10 Å². The standard InChI is InChI=1S/C37H61N2O5.BrH/c1-6-11-34(41)44-35-32(39(18-7-2)19-9-8-10-20-39)24-30-28-13-12-27-23-33(43-26(3)40)31(38-16-21-42-22-17-38)25-37(27,5)29(28)14-15-36(30,35)4;/h7,27-33,35H,2,6,8-25H2,1,3-5H3;1H/q+1;/p-1/t27-,28?,29?,30?,31-,32-,33-,35-,36-,37-;/m0./s1. The molecule has 8 heteroatoms. The Balaban J connectivity index is 0.00000400. The monoisotopic (exact) mass is 692 g/mol. The Bertz CT molecular complexity index is 1060. The van der Waals surface area contributed by atoms with Gasteiger partial charge < -0.3 is 35.7 Å². The van der Waals surface area contributed by atoms with Gasteiger partial charge in [-0.1, -0.05) is 27.4 Å². The molecule has 2 heterocycles. The third-order valence-electron chi connectivity index (χ3n) is 14.0. The highest BCUT2D eigenvalue weighted by atomic mass is 79.9. The van der Waals surface area contributed by atoms with Crippen molar-refractivity contribution < 1.29 is 45.3 Å². The maximum atomic E-state index is 13.2. The molecule has 0 aromatic heterocycles. The van der Waals surface area contributed by atoms with Crippen LogP contribution in [0.15, 0.2) is 12.7 Å². The van der Waals surface area contributed by atoms with Gasteiger partial charge in [-0.2, -0.15) is 0 Å². The molecule has 10 atom stereocenters. The molecule has 6 fully saturated rings. The molecule has 0 radical (unpaired) electrons. The van der Waals surface area contributed by atoms with Crippen LogP contribution < -0.4 is 17.0 Å². The SMILES string of the molecule is C=CC[N+]1([C@H]2CC3C4CC[C@H]5C[C@H](OC(C)=O)[C@@H](N6CCOCC6)C[C@]5(C)C4CC[C@]3(C)[C@H]2OC(=O)CCC)CCCCC1.[Br-]. The van der Waals surface area contributed by atoms with E-state index in [1.807, 2.05) is 0 Å². The summed E-state index contributed by atoms with van der Waals surface area (Å²) in [4.78, 5) is 28.0. The molecule has 4 aliphatic carbocycles. The van der Waals surface area contributed by atoms with Crippen LogP contribution in [0.4, 0.5) is 0 Å². The van der Waals surface area contributed by atoms with Gasteiger partial charge in [0.05, 0.1) is 32.8 Å². The zero-order chi connectivity index (χ0) is 31.1. The number of piperidine rings is 1. The average Bonchev–Trinajstić information content (AvgIpc) is 3.30. The van der Waals surface area contributed by atoms with Gasteiger partial charge in [0.2, 0.25) is 0 Å². The van der Waals surface area contributed by atoms with Crippen molar-refractivity contribution in [2.24, 2.45) is 34.5 Å². The van der Waals surface area contributed by atoms with Crippen LogP contribution in [0.1, 0.15) is 105 Å². The molecule has 0 aromatic rings. The van der Waals surface area contributed by atoms with E-state index in [2.05, 4.69) is 38.3 Å². The normalized spacial score (nSPS) is 42.7. The number of hydrogen-bond acceptors (Lipinski definition) is 6. The summed E-state index contributed by atoms with van der Waals surface area (Å²) >= 11 is 0. The Morgan fingerprint density at radius 1 is 1.00 bits per heavy atom. The molecule has 0 aromatic carbocycles. The molecule has 7 nitrogen and oxygen atoms in total. The molecule has 0 N–H and O–H groups in total. The highest BCUT2D eigenvalue weighted by molar-refractivity contribution is 5.69. The van der Waals surface area contributed by atoms with Crippen LogP contribution in [-0.2, 0) is 23.8 Å². The van der Waals surface area contributed by atoms with Crippen molar-refractivity contribution in [2.75, 3.05) is 45.9 Å². The zero-order valence-electron chi connectivity index (χ0n) is 28.7. The summed E-state index contributed by atoms with van der Waals surface area (Å²) in [5.41, 5.74) is 0.260. The predicted molar refractivity (Wildman–Crippen MR) is 172 cm³/mol. The smallest absolute Gasteiger partial charge is 0.306 e. The molecule has 2 aliphatic heterocycles. The number of ether oxygens (including phenoxy) is 3. The fraction of sp³-hybridized carbons (Fsp3) is 0.892. The van der Waals surface area contributed by atoms with E-state index in [1.165, 1.54) is 58.0 Å². The number of rotatable bonds is 8. The summed E-state index contributed by atoms with van der Waals surface area (Å²) in [7, 11) is 0. The van der Waals surface area contributed by atoms with E-state index in [-0.39, 0.29) is 58.0 Å². The van der Waals surface area contributed by atoms with Crippen LogP contribution in [0.2, 0.25) is 0 Å². The summed E-state index contributed by atoms with van der Waals surface area (Å²) in [6, 6.07) is 0.638. The Kier molecular flexibility index (Phi) is 11.2. The number of halogens is 1. The molecule has 6 aliphatic rings. The number of quaternary nitrogens is 1. The van der Waals surface area contributed by atoms with Gasteiger partial charge in [-0.05, 0) is 99.4 Å². The number of hydrogen-bond donors (Lipinski definition) is 0. The molecular formula is C37H61BrN2O5. The van der Waals surface area contributed by atoms with Crippen molar-refractivity contribution in [1.82, 2.24) is 4.90 Å². The first kappa shape index (κ1) is 35.3. The van der Waals surface area contributed by atoms with E-state index >= 15 is 0 Å². The van der Waals surface area contributed by atoms with Gasteiger partial charge in [-0.25, -0.2) is 0 Å². The topological polar surface area (TPSA) is 65.1 Å². The fourth-order valence-corrected chi connectivity index (χ4v) is 12.0. The molecule has 0 spiro atoms. The molecule has 4 saturated carbocycles. The van der Waals surface area contributed by atoms with Crippen molar-refractivity contribution >= 4 is 11.9 Å². The van der Waals surface area contributed by atoms with Crippen LogP contribution in [-0.4, -0.2) is 91.6 Å². The first-order valence-corrected chi connectivity index (χ1v) is 18.3. The summed E-state index contributed by atoms with van der Waals surface area (Å²) in [6.07, 6.45) is 15.4. The Hall–Kier alpha value is -0.960. The number of carbonyl (C=O) groups excluding carboxylic acids is 2. The predicted octanol–water partition coefficient (Wildman–Crippen LogP) is 3.15. The Morgan fingerprint density at radius 3 is 2.40 bits per heavy atom. The van der Waals surface area contributed by atoms with E-state index < -0.39 is 0 Å². The maximum Gasteiger partial charge on any atom is 0.306 e. The lowest BCUT2D eigenvalue weighted by Gasteiger charge is -2.62. The summed E-state index contributed by atoms with van der Waals surface area (Å²) in [6.45, 7) is 19.7. The van der Waals surface area contributed by atoms with Crippen LogP contribution in [0, 0.1) is 34.5 Å². The second-order valence-electron chi connectivity index (χ2n) is 16.2. The number of nitrogens with zero attached hydrogens (tertiary/aromatic N) is 2. The van der Waals surface area contributed by atoms with E-state index in [0.29, 0.717) is 36.1 Å². The quantitative estimate of drug-likeness (QED) is 0.221. The zero-order valence-corrected chi connectivity index (χ0v) is 30.2. The molecule has 6 rings (SSSR count). The molecule has 2 saturated heterocycles. The van der Waals surface area contributed by atoms with E-state index in [1.54, 1.807) is 6.92 Å². The van der Waals surface area contributed by atoms with E-state index in [0.717, 1.165) is 63.0 Å². The number of carbonyl (C=O) groups is 2. The van der Waals surface area contributed by atoms with Crippen LogP contribution in [0.25, 0.3) is 0 Å². The number of likely N-dealkylation sites (tertiary alicyclic amines) is 1. The first-order chi connectivity index (χ1) is 21.1. The summed E-state index contributed by atoms with van der Waals surface area (Å²) in [5, 5.41) is 0. The lowest BCUT2D eigenvalue weighted by molar-refractivity contribution is -0.952. The van der Waals surface area contributed by atoms with Crippen molar-refractivity contribution in [2.45, 2.75) is 129 Å². The Labute approximate surface area is 283 Å². The largest absolute Gasteiger partial charge is 1.00 e. The molecule has 0 amide bonds. The van der Waals surface area contributed by atoms with Crippen LogP contribution in [0.3, 0.4) is 0 Å². The third kappa shape index (κ3) is 6.45. The minimum atomic E-state index is -0.145. The highest BCUT2D eigenvalue weighted by Gasteiger charge is 2.67. The lowest BCUT2D eigenvalue weighted by Crippen LogP contribution is -3.00. The molecular weight excluding hydrogens is 632 g/mol. The van der Waals surface area contributed by atoms with Crippen molar-refractivity contribution in [3.63, 3.8) is 0 Å². The van der Waals surface area contributed by atoms with Crippen molar-refractivity contribution in [3.8, 4) is 0 Å². The van der Waals surface area contributed by atoms with Gasteiger partial charge in [0, 0.05) is 44.3 Å². The molecule has 45 heavy (non-hydrogen) atoms. The second-order valence-corrected chi connectivity index (χ2v) is 16.2. The van der Waals surface area contributed by atoms with Crippen molar-refractivity contribution in [3.05, 3.63) is 12.7 Å². The second kappa shape index (κ2) is 14.3. The minimum absolute atomic E-state index is 0. The summed E-state index contributed by atoms with van der Waals surface area (Å²) in [5.74, 6) is 2.37. The van der Waals surface area contributed by atoms with Gasteiger partial charge in [-0.3, -0.25) is 14.5 Å². The fourth-order valence-electron chi connectivity index (χ4n) is 12.0. The average molecular weight is 694 g/mol. The Morgan fingerprint density at radius 2 is 1.73 bits per heavy atom. The van der Waals surface area contributed by atoms with Crippen LogP contribution in [0.5, 0.6) is 0 Å². The lowest BCUT2D eigenvalue weighted by atomic mass is 9.44. The number of morpholine rings is 1. The number of fused-ring (bicyclic) bond motifs is 5. The number of esters is 2. The minimum Gasteiger partial charge on any atom is -1.00 e. The van der Waals surface area contributed by atoms with Gasteiger partial charge >= 0.3 is 11.9 Å². The molecule has 0 bridgehead atoms. The van der Waals surface area contributed by atoms with Crippen LogP contribution >= 0.6 is 0 Å². The third-order valence-corrected chi connectivity index (χ3v) is 14.0. The maximum absolute atomic E-state index is 13.2. The van der Waals surface area contributed by atoms with Gasteiger partial charge in [-0.15, -0.1) is 0 Å². The summed E-state index contributed by atoms with van der Waals surface area (Å²) < 4.78 is 19.5. The van der Waals surface area contributed by atoms with E-state index in [4.69, 9.17) is 14.2 Å². The van der Waals surface area contributed by atoms with Crippen molar-refractivity contribution in [1.29, 1.82) is 0 Å². The first-order valence-electron chi connectivity index (χ1n) is 18.3. The molecule has 3 unspecified atom stereocenters. The van der Waals surface area contributed by atoms with E-state index in [9.17, 15) is 9.59 Å². The van der Waals surface area contributed by atoms with Gasteiger partial charge in [0.1, 0.15) is 12.1 Å².